The minimum absolute atomic E-state index is 0.271. The summed E-state index contributed by atoms with van der Waals surface area (Å²) in [6.45, 7) is 3.05. The number of para-hydroxylation sites is 1. The van der Waals surface area contributed by atoms with Gasteiger partial charge < -0.3 is 14.5 Å². The largest absolute Gasteiger partial charge is 0.461 e. The number of anilines is 1. The van der Waals surface area contributed by atoms with E-state index in [2.05, 4.69) is 5.32 Å². The smallest absolute Gasteiger partial charge is 0.308 e. The number of nitrogens with one attached hydrogen (secondary N) is 1. The van der Waals surface area contributed by atoms with Crippen molar-refractivity contribution in [1.29, 1.82) is 0 Å². The molecular weight excluding hydrogens is 294 g/mol. The third-order valence-electron chi connectivity index (χ3n) is 3.36. The van der Waals surface area contributed by atoms with Gasteiger partial charge in [-0.3, -0.25) is 9.59 Å². The van der Waals surface area contributed by atoms with Crippen molar-refractivity contribution in [3.05, 3.63) is 59.9 Å². The van der Waals surface area contributed by atoms with Gasteiger partial charge in [0.15, 0.2) is 0 Å². The van der Waals surface area contributed by atoms with Crippen LogP contribution in [0.5, 0.6) is 5.75 Å². The Morgan fingerprint density at radius 1 is 1.09 bits per heavy atom. The molecule has 0 aliphatic carbocycles. The average Bonchev–Trinajstić information content (AvgIpc) is 2.83. The number of hydrogen-bond donors (Lipinski definition) is 1. The molecule has 0 saturated heterocycles. The Kier molecular flexibility index (Phi) is 3.85. The van der Waals surface area contributed by atoms with Crippen molar-refractivity contribution >= 4 is 28.5 Å². The van der Waals surface area contributed by atoms with Gasteiger partial charge in [0.25, 0.3) is 5.91 Å². The average molecular weight is 309 g/mol. The molecule has 1 heterocycles. The highest BCUT2D eigenvalue weighted by atomic mass is 16.5. The number of furan rings is 1. The van der Waals surface area contributed by atoms with Crippen LogP contribution in [0.15, 0.2) is 52.9 Å². The number of rotatable bonds is 3. The van der Waals surface area contributed by atoms with Gasteiger partial charge in [-0.1, -0.05) is 18.2 Å². The molecule has 23 heavy (non-hydrogen) atoms. The van der Waals surface area contributed by atoms with Crippen molar-refractivity contribution in [3.8, 4) is 5.75 Å². The predicted molar refractivity (Wildman–Crippen MR) is 86.7 cm³/mol. The van der Waals surface area contributed by atoms with Crippen molar-refractivity contribution in [3.63, 3.8) is 0 Å². The molecule has 2 aromatic carbocycles. The summed E-state index contributed by atoms with van der Waals surface area (Å²) in [5.41, 5.74) is 1.69. The van der Waals surface area contributed by atoms with E-state index >= 15 is 0 Å². The lowest BCUT2D eigenvalue weighted by Crippen LogP contribution is -2.12. The number of carbonyl (C=O) groups is 2. The Bertz CT molecular complexity index is 881. The maximum absolute atomic E-state index is 12.6. The molecule has 5 heteroatoms. The zero-order valence-corrected chi connectivity index (χ0v) is 12.8. The van der Waals surface area contributed by atoms with Gasteiger partial charge in [-0.25, -0.2) is 0 Å². The van der Waals surface area contributed by atoms with E-state index < -0.39 is 5.97 Å². The molecule has 3 aromatic rings. The quantitative estimate of drug-likeness (QED) is 0.588. The van der Waals surface area contributed by atoms with Gasteiger partial charge in [0, 0.05) is 18.0 Å². The van der Waals surface area contributed by atoms with Crippen molar-refractivity contribution in [1.82, 2.24) is 0 Å². The fraction of sp³-hybridized carbons (Fsp3) is 0.111. The summed E-state index contributed by atoms with van der Waals surface area (Å²) in [4.78, 5) is 23.7. The van der Waals surface area contributed by atoms with Crippen molar-refractivity contribution in [2.45, 2.75) is 13.8 Å². The molecule has 5 nitrogen and oxygen atoms in total. The molecule has 0 atom stereocenters. The van der Waals surface area contributed by atoms with E-state index in [1.807, 2.05) is 18.2 Å². The normalized spacial score (nSPS) is 10.5. The van der Waals surface area contributed by atoms with Crippen molar-refractivity contribution < 1.29 is 18.7 Å². The second-order valence-corrected chi connectivity index (χ2v) is 5.11. The van der Waals surface area contributed by atoms with Gasteiger partial charge in [-0.05, 0) is 37.3 Å². The third kappa shape index (κ3) is 3.08. The van der Waals surface area contributed by atoms with Gasteiger partial charge in [0.2, 0.25) is 0 Å². The summed E-state index contributed by atoms with van der Waals surface area (Å²) in [7, 11) is 0. The van der Waals surface area contributed by atoms with Crippen LogP contribution in [0.1, 0.15) is 23.0 Å². The molecule has 0 bridgehead atoms. The summed E-state index contributed by atoms with van der Waals surface area (Å²) < 4.78 is 10.7. The number of aryl methyl sites for hydroxylation is 1. The van der Waals surface area contributed by atoms with Gasteiger partial charge >= 0.3 is 5.97 Å². The molecule has 0 spiro atoms. The topological polar surface area (TPSA) is 68.5 Å². The molecule has 1 N–H and O–H groups in total. The Hall–Kier alpha value is -3.08. The standard InChI is InChI=1S/C18H15NO4/c1-11-17(18(21)19-13-6-4-3-5-7-13)15-10-14(23-12(2)20)8-9-16(15)22-11/h3-10H,1-2H3,(H,19,21). The summed E-state index contributed by atoms with van der Waals surface area (Å²) in [6.07, 6.45) is 0. The zero-order valence-electron chi connectivity index (χ0n) is 12.8. The number of fused-ring (bicyclic) bond motifs is 1. The van der Waals surface area contributed by atoms with E-state index in [4.69, 9.17) is 9.15 Å². The SMILES string of the molecule is CC(=O)Oc1ccc2oc(C)c(C(=O)Nc3ccccc3)c2c1. The lowest BCUT2D eigenvalue weighted by molar-refractivity contribution is -0.131. The fourth-order valence-electron chi connectivity index (χ4n) is 2.43. The first-order valence-electron chi connectivity index (χ1n) is 7.12. The van der Waals surface area contributed by atoms with E-state index in [0.717, 1.165) is 0 Å². The fourth-order valence-corrected chi connectivity index (χ4v) is 2.43. The second-order valence-electron chi connectivity index (χ2n) is 5.11. The van der Waals surface area contributed by atoms with Crippen molar-refractivity contribution in [2.24, 2.45) is 0 Å². The van der Waals surface area contributed by atoms with E-state index in [9.17, 15) is 9.59 Å². The summed E-state index contributed by atoms with van der Waals surface area (Å²) in [6, 6.07) is 14.1. The Balaban J connectivity index is 2.00. The number of benzene rings is 2. The van der Waals surface area contributed by atoms with Gasteiger partial charge in [-0.2, -0.15) is 0 Å². The van der Waals surface area contributed by atoms with Crippen molar-refractivity contribution in [2.75, 3.05) is 5.32 Å². The van der Waals surface area contributed by atoms with Crippen LogP contribution in [0.3, 0.4) is 0 Å². The minimum Gasteiger partial charge on any atom is -0.461 e. The van der Waals surface area contributed by atoms with E-state index in [1.165, 1.54) is 6.92 Å². The van der Waals surface area contributed by atoms with Gasteiger partial charge in [-0.15, -0.1) is 0 Å². The highest BCUT2D eigenvalue weighted by Crippen LogP contribution is 2.29. The van der Waals surface area contributed by atoms with Gasteiger partial charge in [0.05, 0.1) is 5.56 Å². The zero-order chi connectivity index (χ0) is 16.4. The first-order valence-corrected chi connectivity index (χ1v) is 7.12. The highest BCUT2D eigenvalue weighted by Gasteiger charge is 2.19. The Morgan fingerprint density at radius 3 is 2.52 bits per heavy atom. The van der Waals surface area contributed by atoms with Crippen LogP contribution in [0, 0.1) is 6.92 Å². The number of hydrogen-bond acceptors (Lipinski definition) is 4. The molecule has 0 aliphatic heterocycles. The molecule has 0 saturated carbocycles. The number of ether oxygens (including phenoxy) is 1. The number of esters is 1. The first-order chi connectivity index (χ1) is 11.0. The van der Waals surface area contributed by atoms with Gasteiger partial charge in [0.1, 0.15) is 17.1 Å². The van der Waals surface area contributed by atoms with E-state index in [1.54, 1.807) is 37.3 Å². The lowest BCUT2D eigenvalue weighted by Gasteiger charge is -2.05. The Labute approximate surface area is 132 Å². The van der Waals surface area contributed by atoms with E-state index in [-0.39, 0.29) is 5.91 Å². The van der Waals surface area contributed by atoms with Crippen LogP contribution in [0.25, 0.3) is 11.0 Å². The van der Waals surface area contributed by atoms with Crippen LogP contribution in [0.4, 0.5) is 5.69 Å². The maximum Gasteiger partial charge on any atom is 0.308 e. The van der Waals surface area contributed by atoms with E-state index in [0.29, 0.717) is 33.7 Å². The molecular formula is C18H15NO4. The third-order valence-corrected chi connectivity index (χ3v) is 3.36. The number of amides is 1. The second kappa shape index (κ2) is 5.96. The monoisotopic (exact) mass is 309 g/mol. The number of carbonyl (C=O) groups excluding carboxylic acids is 2. The molecule has 1 amide bonds. The molecule has 116 valence electrons. The predicted octanol–water partition coefficient (Wildman–Crippen LogP) is 3.92. The molecule has 1 aromatic heterocycles. The molecule has 0 unspecified atom stereocenters. The molecule has 0 aliphatic rings. The maximum atomic E-state index is 12.6. The van der Waals surface area contributed by atoms with Crippen LogP contribution in [-0.2, 0) is 4.79 Å². The minimum atomic E-state index is -0.417. The van der Waals surface area contributed by atoms with Crippen LogP contribution in [0.2, 0.25) is 0 Å². The summed E-state index contributed by atoms with van der Waals surface area (Å²) in [5, 5.41) is 3.44. The molecule has 0 radical (unpaired) electrons. The summed E-state index contributed by atoms with van der Waals surface area (Å²) >= 11 is 0. The molecule has 3 rings (SSSR count). The van der Waals surface area contributed by atoms with Crippen LogP contribution < -0.4 is 10.1 Å². The van der Waals surface area contributed by atoms with Crippen LogP contribution >= 0.6 is 0 Å². The Morgan fingerprint density at radius 2 is 1.83 bits per heavy atom. The summed E-state index contributed by atoms with van der Waals surface area (Å²) in [5.74, 6) is 0.195. The highest BCUT2D eigenvalue weighted by molar-refractivity contribution is 6.13. The van der Waals surface area contributed by atoms with Crippen LogP contribution in [-0.4, -0.2) is 11.9 Å². The first kappa shape index (κ1) is 14.8. The molecule has 0 fully saturated rings. The lowest BCUT2D eigenvalue weighted by atomic mass is 10.1.